The molecule has 0 saturated heterocycles. The van der Waals surface area contributed by atoms with Gasteiger partial charge < -0.3 is 0 Å². The van der Waals surface area contributed by atoms with Crippen molar-refractivity contribution in [2.24, 2.45) is 0 Å². The van der Waals surface area contributed by atoms with Crippen LogP contribution >= 0.6 is 0 Å². The Morgan fingerprint density at radius 3 is 2.22 bits per heavy atom. The van der Waals surface area contributed by atoms with Crippen molar-refractivity contribution in [1.82, 2.24) is 0 Å². The number of rotatable bonds is 3. The number of carbonyl (C=O) groups is 3. The van der Waals surface area contributed by atoms with Gasteiger partial charge in [-0.1, -0.05) is 12.1 Å². The zero-order valence-corrected chi connectivity index (χ0v) is 11.6. The average Bonchev–Trinajstić information content (AvgIpc) is 2.48. The molecule has 1 unspecified atom stereocenters. The molecule has 1 saturated carbocycles. The van der Waals surface area contributed by atoms with Crippen LogP contribution in [0.4, 0.5) is 13.2 Å². The monoisotopic (exact) mass is 329 g/mol. The largest absolute Gasteiger partial charge is 0.416 e. The first-order valence-electron chi connectivity index (χ1n) is 6.55. The van der Waals surface area contributed by atoms with Gasteiger partial charge in [-0.05, 0) is 18.6 Å². The molecule has 0 heterocycles. The normalized spacial score (nSPS) is 22.0. The van der Waals surface area contributed by atoms with Crippen LogP contribution in [0.1, 0.15) is 35.2 Å². The van der Waals surface area contributed by atoms with Gasteiger partial charge in [0, 0.05) is 23.3 Å². The van der Waals surface area contributed by atoms with Crippen LogP contribution in [-0.2, 0) is 15.8 Å². The Bertz CT molecular complexity index is 695. The molecule has 0 radical (unpaired) electrons. The summed E-state index contributed by atoms with van der Waals surface area (Å²) in [6.07, 6.45) is -5.28. The van der Waals surface area contributed by atoms with Crippen molar-refractivity contribution in [1.29, 1.82) is 0 Å². The number of nitrogens with zero attached hydrogens (tertiary/aromatic N) is 1. The molecule has 1 aliphatic rings. The predicted octanol–water partition coefficient (Wildman–Crippen LogP) is 2.23. The summed E-state index contributed by atoms with van der Waals surface area (Å²) in [5, 5.41) is 11.3. The molecule has 122 valence electrons. The molecule has 0 bridgehead atoms. The van der Waals surface area contributed by atoms with Crippen molar-refractivity contribution >= 4 is 17.3 Å². The Kier molecular flexibility index (Phi) is 4.06. The maximum Gasteiger partial charge on any atom is 0.416 e. The number of Topliss-reactive ketones (excluding diaryl/α,β-unsaturated/α-hetero) is 3. The van der Waals surface area contributed by atoms with Crippen molar-refractivity contribution in [2.75, 3.05) is 0 Å². The van der Waals surface area contributed by atoms with Gasteiger partial charge in [-0.15, -0.1) is 0 Å². The van der Waals surface area contributed by atoms with Crippen molar-refractivity contribution in [3.63, 3.8) is 0 Å². The second-order valence-electron chi connectivity index (χ2n) is 5.13. The maximum atomic E-state index is 12.5. The van der Waals surface area contributed by atoms with E-state index < -0.39 is 51.5 Å². The van der Waals surface area contributed by atoms with E-state index in [0.717, 1.165) is 12.1 Å². The Morgan fingerprint density at radius 1 is 1.17 bits per heavy atom. The third kappa shape index (κ3) is 2.73. The summed E-state index contributed by atoms with van der Waals surface area (Å²) in [4.78, 5) is 46.0. The lowest BCUT2D eigenvalue weighted by Crippen LogP contribution is -2.58. The van der Waals surface area contributed by atoms with Gasteiger partial charge in [0.1, 0.15) is 0 Å². The average molecular weight is 329 g/mol. The molecule has 0 N–H and O–H groups in total. The molecular formula is C14H10F3NO5. The van der Waals surface area contributed by atoms with Gasteiger partial charge in [-0.25, -0.2) is 0 Å². The minimum Gasteiger partial charge on any atom is -0.291 e. The minimum absolute atomic E-state index is 0.0159. The summed E-state index contributed by atoms with van der Waals surface area (Å²) in [7, 11) is 0. The van der Waals surface area contributed by atoms with Crippen LogP contribution in [0, 0.1) is 10.1 Å². The van der Waals surface area contributed by atoms with Crippen LogP contribution in [-0.4, -0.2) is 27.8 Å². The molecule has 1 aliphatic carbocycles. The van der Waals surface area contributed by atoms with E-state index in [9.17, 15) is 37.7 Å². The minimum atomic E-state index is -4.63. The molecular weight excluding hydrogens is 319 g/mol. The highest BCUT2D eigenvalue weighted by Gasteiger charge is 2.61. The highest BCUT2D eigenvalue weighted by atomic mass is 19.4. The molecule has 2 rings (SSSR count). The number of benzene rings is 1. The van der Waals surface area contributed by atoms with Crippen LogP contribution in [0.3, 0.4) is 0 Å². The van der Waals surface area contributed by atoms with Crippen LogP contribution in [0.25, 0.3) is 0 Å². The third-order valence-electron chi connectivity index (χ3n) is 3.73. The Balaban J connectivity index is 2.45. The second-order valence-corrected chi connectivity index (χ2v) is 5.13. The molecule has 1 aromatic rings. The standard InChI is InChI=1S/C14H10F3NO5/c15-14(16,17)9-5-3-8(4-6-9)11(20)13(18(22)23)7-1-2-10(19)12(13)21/h3-6H,1-2,7H2. The first kappa shape index (κ1) is 16.8. The van der Waals surface area contributed by atoms with Gasteiger partial charge in [-0.3, -0.25) is 24.5 Å². The molecule has 0 amide bonds. The van der Waals surface area contributed by atoms with E-state index in [1.807, 2.05) is 0 Å². The molecule has 6 nitrogen and oxygen atoms in total. The number of carbonyl (C=O) groups excluding carboxylic acids is 3. The van der Waals surface area contributed by atoms with Gasteiger partial charge in [-0.2, -0.15) is 13.2 Å². The van der Waals surface area contributed by atoms with Gasteiger partial charge in [0.15, 0.2) is 0 Å². The van der Waals surface area contributed by atoms with Crippen LogP contribution in [0.5, 0.6) is 0 Å². The SMILES string of the molecule is O=C1CCCC(C(=O)c2ccc(C(F)(F)F)cc2)([N+](=O)[O-])C1=O. The summed E-state index contributed by atoms with van der Waals surface area (Å²) >= 11 is 0. The van der Waals surface area contributed by atoms with E-state index >= 15 is 0 Å². The summed E-state index contributed by atoms with van der Waals surface area (Å²) in [5.74, 6) is -3.71. The number of halogens is 3. The van der Waals surface area contributed by atoms with Gasteiger partial charge in [0.25, 0.3) is 5.78 Å². The third-order valence-corrected chi connectivity index (χ3v) is 3.73. The summed E-state index contributed by atoms with van der Waals surface area (Å²) in [5.41, 5.74) is -4.19. The van der Waals surface area contributed by atoms with Gasteiger partial charge in [0.2, 0.25) is 11.6 Å². The first-order valence-corrected chi connectivity index (χ1v) is 6.55. The predicted molar refractivity (Wildman–Crippen MR) is 69.4 cm³/mol. The maximum absolute atomic E-state index is 12.5. The van der Waals surface area contributed by atoms with E-state index in [1.54, 1.807) is 0 Å². The van der Waals surface area contributed by atoms with Crippen molar-refractivity contribution in [3.8, 4) is 0 Å². The van der Waals surface area contributed by atoms with Crippen LogP contribution < -0.4 is 0 Å². The van der Waals surface area contributed by atoms with Gasteiger partial charge in [0.05, 0.1) is 5.56 Å². The highest BCUT2D eigenvalue weighted by Crippen LogP contribution is 2.32. The molecule has 0 aromatic heterocycles. The lowest BCUT2D eigenvalue weighted by molar-refractivity contribution is -0.534. The Labute approximate surface area is 127 Å². The molecule has 1 aromatic carbocycles. The molecule has 23 heavy (non-hydrogen) atoms. The number of nitro groups is 1. The lowest BCUT2D eigenvalue weighted by atomic mass is 9.75. The van der Waals surface area contributed by atoms with E-state index in [4.69, 9.17) is 0 Å². The fourth-order valence-corrected chi connectivity index (χ4v) is 2.49. The molecule has 0 spiro atoms. The fourth-order valence-electron chi connectivity index (χ4n) is 2.49. The summed E-state index contributed by atoms with van der Waals surface area (Å²) in [6.45, 7) is 0. The summed E-state index contributed by atoms with van der Waals surface area (Å²) < 4.78 is 37.5. The van der Waals surface area contributed by atoms with Crippen LogP contribution in [0.15, 0.2) is 24.3 Å². The fraction of sp³-hybridized carbons (Fsp3) is 0.357. The topological polar surface area (TPSA) is 94.3 Å². The van der Waals surface area contributed by atoms with Crippen molar-refractivity contribution in [2.45, 2.75) is 31.0 Å². The highest BCUT2D eigenvalue weighted by molar-refractivity contribution is 6.46. The molecule has 1 atom stereocenters. The van der Waals surface area contributed by atoms with E-state index in [1.165, 1.54) is 0 Å². The first-order chi connectivity index (χ1) is 10.6. The van der Waals surface area contributed by atoms with Crippen molar-refractivity contribution < 1.29 is 32.5 Å². The zero-order chi connectivity index (χ0) is 17.4. The van der Waals surface area contributed by atoms with E-state index in [0.29, 0.717) is 12.1 Å². The Hall–Kier alpha value is -2.58. The van der Waals surface area contributed by atoms with Crippen LogP contribution in [0.2, 0.25) is 0 Å². The number of hydrogen-bond acceptors (Lipinski definition) is 5. The zero-order valence-electron chi connectivity index (χ0n) is 11.6. The van der Waals surface area contributed by atoms with E-state index in [-0.39, 0.29) is 12.8 Å². The summed E-state index contributed by atoms with van der Waals surface area (Å²) in [6, 6.07) is 2.72. The molecule has 9 heteroatoms. The number of alkyl halides is 3. The molecule has 1 fully saturated rings. The smallest absolute Gasteiger partial charge is 0.291 e. The molecule has 0 aliphatic heterocycles. The van der Waals surface area contributed by atoms with E-state index in [2.05, 4.69) is 0 Å². The Morgan fingerprint density at radius 2 is 1.74 bits per heavy atom. The lowest BCUT2D eigenvalue weighted by Gasteiger charge is -2.25. The second kappa shape index (κ2) is 5.56. The quantitative estimate of drug-likeness (QED) is 0.279. The van der Waals surface area contributed by atoms with Gasteiger partial charge >= 0.3 is 11.7 Å². The van der Waals surface area contributed by atoms with Crippen molar-refractivity contribution in [3.05, 3.63) is 45.5 Å². The number of hydrogen-bond donors (Lipinski definition) is 0. The number of ketones is 3.